The number of nitrogens with zero attached hydrogens (tertiary/aromatic N) is 2. The summed E-state index contributed by atoms with van der Waals surface area (Å²) >= 11 is 1.47. The molecule has 2 atom stereocenters. The van der Waals surface area contributed by atoms with Crippen LogP contribution in [0.5, 0.6) is 5.75 Å². The number of amides is 2. The molecule has 6 nitrogen and oxygen atoms in total. The first-order chi connectivity index (χ1) is 15.3. The Bertz CT molecular complexity index is 958. The van der Waals surface area contributed by atoms with Crippen LogP contribution in [0.1, 0.15) is 23.7 Å². The summed E-state index contributed by atoms with van der Waals surface area (Å²) in [6.07, 6.45) is 0.174. The van der Waals surface area contributed by atoms with Crippen LogP contribution < -0.4 is 10.5 Å². The standard InChI is InChI=1S/C23H27F2N3O3S/c1-15-13-27(23(30)22-19(25)4-3-5-20(22)31-2)10-11-28(15)21(29)12-17(26)14-32-18-8-6-16(24)7-9-18/h3-9,15,17H,10-14,26H2,1-2H3/t15?,17-/m0/s1. The first-order valence-electron chi connectivity index (χ1n) is 10.3. The van der Waals surface area contributed by atoms with Crippen LogP contribution in [0.15, 0.2) is 47.4 Å². The fourth-order valence-electron chi connectivity index (χ4n) is 3.69. The summed E-state index contributed by atoms with van der Waals surface area (Å²) in [6.45, 7) is 2.79. The van der Waals surface area contributed by atoms with Crippen LogP contribution in [0.3, 0.4) is 0 Å². The van der Waals surface area contributed by atoms with Crippen molar-refractivity contribution in [2.45, 2.75) is 30.3 Å². The second kappa shape index (κ2) is 10.8. The predicted octanol–water partition coefficient (Wildman–Crippen LogP) is 3.16. The van der Waals surface area contributed by atoms with Gasteiger partial charge in [0.25, 0.3) is 5.91 Å². The van der Waals surface area contributed by atoms with Crippen LogP contribution in [0.2, 0.25) is 0 Å². The normalized spacial score (nSPS) is 17.2. The maximum absolute atomic E-state index is 14.3. The summed E-state index contributed by atoms with van der Waals surface area (Å²) < 4.78 is 32.4. The largest absolute Gasteiger partial charge is 0.496 e. The van der Waals surface area contributed by atoms with Crippen molar-refractivity contribution < 1.29 is 23.1 Å². The summed E-state index contributed by atoms with van der Waals surface area (Å²) in [5.41, 5.74) is 6.05. The first-order valence-corrected chi connectivity index (χ1v) is 11.3. The van der Waals surface area contributed by atoms with Crippen molar-refractivity contribution in [3.05, 3.63) is 59.7 Å². The van der Waals surface area contributed by atoms with Crippen molar-refractivity contribution in [3.63, 3.8) is 0 Å². The Morgan fingerprint density at radius 2 is 1.91 bits per heavy atom. The van der Waals surface area contributed by atoms with Gasteiger partial charge in [0.1, 0.15) is 22.9 Å². The third-order valence-electron chi connectivity index (χ3n) is 5.36. The van der Waals surface area contributed by atoms with Gasteiger partial charge in [0.15, 0.2) is 0 Å². The topological polar surface area (TPSA) is 75.9 Å². The molecule has 2 N–H and O–H groups in total. The minimum atomic E-state index is -0.634. The van der Waals surface area contributed by atoms with E-state index in [1.165, 1.54) is 43.1 Å². The van der Waals surface area contributed by atoms with E-state index in [1.54, 1.807) is 28.0 Å². The number of carbonyl (C=O) groups is 2. The third kappa shape index (κ3) is 5.77. The molecule has 1 unspecified atom stereocenters. The highest BCUT2D eigenvalue weighted by atomic mass is 32.2. The van der Waals surface area contributed by atoms with Crippen molar-refractivity contribution in [1.82, 2.24) is 9.80 Å². The van der Waals surface area contributed by atoms with Gasteiger partial charge in [0, 0.05) is 48.8 Å². The molecular formula is C23H27F2N3O3S. The van der Waals surface area contributed by atoms with Gasteiger partial charge in [-0.15, -0.1) is 11.8 Å². The molecule has 3 rings (SSSR count). The van der Waals surface area contributed by atoms with E-state index in [-0.39, 0.29) is 41.5 Å². The van der Waals surface area contributed by atoms with Gasteiger partial charge in [-0.3, -0.25) is 9.59 Å². The minimum absolute atomic E-state index is 0.0831. The Hall–Kier alpha value is -2.65. The van der Waals surface area contributed by atoms with E-state index in [0.717, 1.165) is 4.90 Å². The van der Waals surface area contributed by atoms with Gasteiger partial charge in [-0.25, -0.2) is 8.78 Å². The number of benzene rings is 2. The quantitative estimate of drug-likeness (QED) is 0.639. The number of methoxy groups -OCH3 is 1. The summed E-state index contributed by atoms with van der Waals surface area (Å²) in [6, 6.07) is 9.81. The van der Waals surface area contributed by atoms with Crippen molar-refractivity contribution in [3.8, 4) is 5.75 Å². The fraction of sp³-hybridized carbons (Fsp3) is 0.391. The zero-order chi connectivity index (χ0) is 23.3. The molecule has 0 bridgehead atoms. The number of rotatable bonds is 7. The molecule has 0 saturated carbocycles. The number of piperazine rings is 1. The molecule has 1 aliphatic rings. The van der Waals surface area contributed by atoms with Crippen LogP contribution in [0, 0.1) is 11.6 Å². The van der Waals surface area contributed by atoms with Gasteiger partial charge in [0.2, 0.25) is 5.91 Å². The van der Waals surface area contributed by atoms with Gasteiger partial charge in [-0.2, -0.15) is 0 Å². The molecule has 0 spiro atoms. The zero-order valence-electron chi connectivity index (χ0n) is 18.1. The maximum Gasteiger partial charge on any atom is 0.260 e. The molecule has 172 valence electrons. The molecule has 1 fully saturated rings. The molecule has 0 aromatic heterocycles. The lowest BCUT2D eigenvalue weighted by molar-refractivity contribution is -0.135. The second-order valence-electron chi connectivity index (χ2n) is 7.73. The number of hydrogen-bond donors (Lipinski definition) is 1. The van der Waals surface area contributed by atoms with Gasteiger partial charge >= 0.3 is 0 Å². The van der Waals surface area contributed by atoms with Crippen molar-refractivity contribution in [2.75, 3.05) is 32.5 Å². The molecule has 1 aliphatic heterocycles. The van der Waals surface area contributed by atoms with Gasteiger partial charge in [0.05, 0.1) is 7.11 Å². The molecule has 2 aromatic carbocycles. The lowest BCUT2D eigenvalue weighted by atomic mass is 10.1. The highest BCUT2D eigenvalue weighted by molar-refractivity contribution is 7.99. The molecule has 1 heterocycles. The highest BCUT2D eigenvalue weighted by Crippen LogP contribution is 2.25. The molecular weight excluding hydrogens is 436 g/mol. The SMILES string of the molecule is COc1cccc(F)c1C(=O)N1CCN(C(=O)C[C@H](N)CSc2ccc(F)cc2)C(C)C1. The van der Waals surface area contributed by atoms with E-state index in [2.05, 4.69) is 0 Å². The third-order valence-corrected chi connectivity index (χ3v) is 6.56. The van der Waals surface area contributed by atoms with E-state index in [1.807, 2.05) is 6.92 Å². The Balaban J connectivity index is 1.54. The van der Waals surface area contributed by atoms with Crippen LogP contribution in [-0.4, -0.2) is 66.2 Å². The molecule has 2 aromatic rings. The smallest absolute Gasteiger partial charge is 0.260 e. The molecule has 0 radical (unpaired) electrons. The zero-order valence-corrected chi connectivity index (χ0v) is 18.9. The summed E-state index contributed by atoms with van der Waals surface area (Å²) in [4.78, 5) is 29.8. The molecule has 0 aliphatic carbocycles. The van der Waals surface area contributed by atoms with Crippen molar-refractivity contribution >= 4 is 23.6 Å². The second-order valence-corrected chi connectivity index (χ2v) is 8.83. The predicted molar refractivity (Wildman–Crippen MR) is 120 cm³/mol. The molecule has 32 heavy (non-hydrogen) atoms. The minimum Gasteiger partial charge on any atom is -0.496 e. The van der Waals surface area contributed by atoms with Crippen LogP contribution in [0.25, 0.3) is 0 Å². The van der Waals surface area contributed by atoms with E-state index in [4.69, 9.17) is 10.5 Å². The van der Waals surface area contributed by atoms with Crippen LogP contribution >= 0.6 is 11.8 Å². The average Bonchev–Trinajstić information content (AvgIpc) is 2.77. The first kappa shape index (κ1) is 24.0. The molecule has 9 heteroatoms. The average molecular weight is 464 g/mol. The molecule has 1 saturated heterocycles. The Morgan fingerprint density at radius 3 is 2.56 bits per heavy atom. The number of hydrogen-bond acceptors (Lipinski definition) is 5. The van der Waals surface area contributed by atoms with Gasteiger partial charge < -0.3 is 20.3 Å². The van der Waals surface area contributed by atoms with E-state index in [9.17, 15) is 18.4 Å². The Kier molecular flexibility index (Phi) is 8.09. The number of halogens is 2. The number of carbonyl (C=O) groups excluding carboxylic acids is 2. The lowest BCUT2D eigenvalue weighted by Crippen LogP contribution is -2.56. The number of ether oxygens (including phenoxy) is 1. The van der Waals surface area contributed by atoms with Crippen molar-refractivity contribution in [1.29, 1.82) is 0 Å². The Morgan fingerprint density at radius 1 is 1.19 bits per heavy atom. The Labute approximate surface area is 190 Å². The van der Waals surface area contributed by atoms with Crippen molar-refractivity contribution in [2.24, 2.45) is 5.73 Å². The highest BCUT2D eigenvalue weighted by Gasteiger charge is 2.32. The maximum atomic E-state index is 14.3. The number of thioether (sulfide) groups is 1. The van der Waals surface area contributed by atoms with Gasteiger partial charge in [-0.05, 0) is 43.3 Å². The summed E-state index contributed by atoms with van der Waals surface area (Å²) in [5.74, 6) is -0.756. The monoisotopic (exact) mass is 463 g/mol. The van der Waals surface area contributed by atoms with Gasteiger partial charge in [-0.1, -0.05) is 6.07 Å². The molecule has 2 amide bonds. The van der Waals surface area contributed by atoms with E-state index < -0.39 is 11.7 Å². The van der Waals surface area contributed by atoms with Crippen LogP contribution in [-0.2, 0) is 4.79 Å². The summed E-state index contributed by atoms with van der Waals surface area (Å²) in [5, 5.41) is 0. The lowest BCUT2D eigenvalue weighted by Gasteiger charge is -2.40. The fourth-order valence-corrected chi connectivity index (χ4v) is 4.54. The number of nitrogens with two attached hydrogens (primary N) is 1. The van der Waals surface area contributed by atoms with E-state index >= 15 is 0 Å². The van der Waals surface area contributed by atoms with E-state index in [0.29, 0.717) is 25.4 Å². The van der Waals surface area contributed by atoms with Crippen LogP contribution in [0.4, 0.5) is 8.78 Å². The summed E-state index contributed by atoms with van der Waals surface area (Å²) in [7, 11) is 1.39.